The lowest BCUT2D eigenvalue weighted by Crippen LogP contribution is -2.31. The lowest BCUT2D eigenvalue weighted by atomic mass is 9.96. The Morgan fingerprint density at radius 3 is 2.38 bits per heavy atom. The first-order valence-corrected chi connectivity index (χ1v) is 7.66. The van der Waals surface area contributed by atoms with Gasteiger partial charge in [-0.15, -0.1) is 0 Å². The number of aliphatic hydroxyl groups excluding tert-OH is 1. The van der Waals surface area contributed by atoms with Crippen molar-refractivity contribution >= 4 is 5.69 Å². The Bertz CT molecular complexity index is 553. The molecule has 2 atom stereocenters. The zero-order valence-corrected chi connectivity index (χ0v) is 13.2. The van der Waals surface area contributed by atoms with Crippen LogP contribution in [0.1, 0.15) is 31.1 Å². The highest BCUT2D eigenvalue weighted by molar-refractivity contribution is 5.48. The van der Waals surface area contributed by atoms with E-state index >= 15 is 0 Å². The van der Waals surface area contributed by atoms with Gasteiger partial charge in [0.2, 0.25) is 0 Å². The van der Waals surface area contributed by atoms with Crippen LogP contribution in [-0.4, -0.2) is 18.2 Å². The Balaban J connectivity index is 2.08. The summed E-state index contributed by atoms with van der Waals surface area (Å²) in [4.78, 5) is 2.32. The fourth-order valence-electron chi connectivity index (χ4n) is 2.67. The molecule has 0 saturated heterocycles. The van der Waals surface area contributed by atoms with Crippen molar-refractivity contribution in [1.82, 2.24) is 0 Å². The SMILES string of the molecule is CCN(CC(C)C(O)c1ccccc1)c1cccc(C)c1. The summed E-state index contributed by atoms with van der Waals surface area (Å²) in [6.07, 6.45) is -0.426. The number of hydrogen-bond acceptors (Lipinski definition) is 2. The van der Waals surface area contributed by atoms with Crippen LogP contribution in [0.2, 0.25) is 0 Å². The van der Waals surface area contributed by atoms with Crippen LogP contribution in [-0.2, 0) is 0 Å². The number of benzene rings is 2. The van der Waals surface area contributed by atoms with Crippen LogP contribution in [0.3, 0.4) is 0 Å². The molecule has 2 unspecified atom stereocenters. The normalized spacial score (nSPS) is 13.7. The maximum absolute atomic E-state index is 10.5. The molecular formula is C19H25NO. The van der Waals surface area contributed by atoms with Crippen LogP contribution < -0.4 is 4.90 Å². The Morgan fingerprint density at radius 1 is 1.05 bits per heavy atom. The summed E-state index contributed by atoms with van der Waals surface area (Å²) in [7, 11) is 0. The van der Waals surface area contributed by atoms with Crippen molar-refractivity contribution in [2.24, 2.45) is 5.92 Å². The third kappa shape index (κ3) is 4.08. The highest BCUT2D eigenvalue weighted by Crippen LogP contribution is 2.25. The van der Waals surface area contributed by atoms with E-state index in [1.54, 1.807) is 0 Å². The molecule has 2 rings (SSSR count). The first-order chi connectivity index (χ1) is 10.1. The van der Waals surface area contributed by atoms with E-state index in [0.717, 1.165) is 18.7 Å². The quantitative estimate of drug-likeness (QED) is 0.859. The fourth-order valence-corrected chi connectivity index (χ4v) is 2.67. The number of aryl methyl sites for hydroxylation is 1. The van der Waals surface area contributed by atoms with Crippen LogP contribution in [0.25, 0.3) is 0 Å². The van der Waals surface area contributed by atoms with E-state index in [1.807, 2.05) is 30.3 Å². The molecule has 0 fully saturated rings. The molecule has 2 aromatic rings. The van der Waals surface area contributed by atoms with Crippen molar-refractivity contribution in [3.8, 4) is 0 Å². The van der Waals surface area contributed by atoms with Gasteiger partial charge in [0.15, 0.2) is 0 Å². The Labute approximate surface area is 128 Å². The molecule has 0 bridgehead atoms. The molecule has 0 spiro atoms. The zero-order valence-electron chi connectivity index (χ0n) is 13.2. The summed E-state index contributed by atoms with van der Waals surface area (Å²) in [5.74, 6) is 0.174. The van der Waals surface area contributed by atoms with Gasteiger partial charge in [-0.2, -0.15) is 0 Å². The summed E-state index contributed by atoms with van der Waals surface area (Å²) >= 11 is 0. The molecule has 0 radical (unpaired) electrons. The van der Waals surface area contributed by atoms with Gasteiger partial charge in [0, 0.05) is 24.7 Å². The van der Waals surface area contributed by atoms with Crippen LogP contribution in [0.15, 0.2) is 54.6 Å². The minimum atomic E-state index is -0.426. The monoisotopic (exact) mass is 283 g/mol. The molecule has 0 aromatic heterocycles. The topological polar surface area (TPSA) is 23.5 Å². The van der Waals surface area contributed by atoms with Crippen molar-refractivity contribution in [1.29, 1.82) is 0 Å². The minimum absolute atomic E-state index is 0.174. The molecular weight excluding hydrogens is 258 g/mol. The van der Waals surface area contributed by atoms with Gasteiger partial charge in [-0.3, -0.25) is 0 Å². The molecule has 112 valence electrons. The standard InChI is InChI=1S/C19H25NO/c1-4-20(18-12-8-9-15(2)13-18)14-16(3)19(21)17-10-6-5-7-11-17/h5-13,16,19,21H,4,14H2,1-3H3. The van der Waals surface area contributed by atoms with E-state index in [9.17, 15) is 5.11 Å². The van der Waals surface area contributed by atoms with Gasteiger partial charge in [0.05, 0.1) is 6.10 Å². The first-order valence-electron chi connectivity index (χ1n) is 7.66. The number of hydrogen-bond donors (Lipinski definition) is 1. The van der Waals surface area contributed by atoms with Gasteiger partial charge in [0.1, 0.15) is 0 Å². The zero-order chi connectivity index (χ0) is 15.2. The third-order valence-electron chi connectivity index (χ3n) is 3.94. The molecule has 0 saturated carbocycles. The van der Waals surface area contributed by atoms with Crippen molar-refractivity contribution in [2.75, 3.05) is 18.0 Å². The second-order valence-corrected chi connectivity index (χ2v) is 5.71. The Hall–Kier alpha value is -1.80. The summed E-state index contributed by atoms with van der Waals surface area (Å²) in [6, 6.07) is 18.4. The Morgan fingerprint density at radius 2 is 1.76 bits per heavy atom. The van der Waals surface area contributed by atoms with Crippen LogP contribution in [0.5, 0.6) is 0 Å². The van der Waals surface area contributed by atoms with Gasteiger partial charge < -0.3 is 10.0 Å². The van der Waals surface area contributed by atoms with Crippen molar-refractivity contribution < 1.29 is 5.11 Å². The highest BCUT2D eigenvalue weighted by Gasteiger charge is 2.19. The third-order valence-corrected chi connectivity index (χ3v) is 3.94. The number of anilines is 1. The smallest absolute Gasteiger partial charge is 0.0832 e. The van der Waals surface area contributed by atoms with Gasteiger partial charge in [-0.25, -0.2) is 0 Å². The lowest BCUT2D eigenvalue weighted by Gasteiger charge is -2.29. The van der Waals surface area contributed by atoms with Crippen LogP contribution in [0, 0.1) is 12.8 Å². The average Bonchev–Trinajstić information content (AvgIpc) is 2.52. The van der Waals surface area contributed by atoms with Gasteiger partial charge in [-0.1, -0.05) is 49.4 Å². The van der Waals surface area contributed by atoms with E-state index < -0.39 is 6.10 Å². The summed E-state index contributed by atoms with van der Waals surface area (Å²) < 4.78 is 0. The molecule has 1 N–H and O–H groups in total. The van der Waals surface area contributed by atoms with E-state index in [-0.39, 0.29) is 5.92 Å². The van der Waals surface area contributed by atoms with Crippen molar-refractivity contribution in [3.63, 3.8) is 0 Å². The largest absolute Gasteiger partial charge is 0.388 e. The Kier molecular flexibility index (Phi) is 5.40. The molecule has 0 aliphatic carbocycles. The molecule has 2 aromatic carbocycles. The molecule has 0 aliphatic rings. The lowest BCUT2D eigenvalue weighted by molar-refractivity contribution is 0.120. The molecule has 21 heavy (non-hydrogen) atoms. The predicted molar refractivity (Wildman–Crippen MR) is 89.6 cm³/mol. The molecule has 0 aliphatic heterocycles. The van der Waals surface area contributed by atoms with E-state index in [1.165, 1.54) is 11.3 Å². The summed E-state index contributed by atoms with van der Waals surface area (Å²) in [5, 5.41) is 10.5. The van der Waals surface area contributed by atoms with E-state index in [0.29, 0.717) is 0 Å². The van der Waals surface area contributed by atoms with Crippen molar-refractivity contribution in [2.45, 2.75) is 26.9 Å². The molecule has 2 heteroatoms. The van der Waals surface area contributed by atoms with Gasteiger partial charge >= 0.3 is 0 Å². The fraction of sp³-hybridized carbons (Fsp3) is 0.368. The first kappa shape index (κ1) is 15.6. The molecule has 0 heterocycles. The number of rotatable bonds is 6. The van der Waals surface area contributed by atoms with Crippen LogP contribution in [0.4, 0.5) is 5.69 Å². The van der Waals surface area contributed by atoms with Crippen molar-refractivity contribution in [3.05, 3.63) is 65.7 Å². The second-order valence-electron chi connectivity index (χ2n) is 5.71. The van der Waals surface area contributed by atoms with E-state index in [4.69, 9.17) is 0 Å². The number of aliphatic hydroxyl groups is 1. The summed E-state index contributed by atoms with van der Waals surface area (Å²) in [6.45, 7) is 8.16. The average molecular weight is 283 g/mol. The van der Waals surface area contributed by atoms with Gasteiger partial charge in [0.25, 0.3) is 0 Å². The van der Waals surface area contributed by atoms with Gasteiger partial charge in [-0.05, 0) is 37.1 Å². The highest BCUT2D eigenvalue weighted by atomic mass is 16.3. The van der Waals surface area contributed by atoms with Crippen LogP contribution >= 0.6 is 0 Å². The minimum Gasteiger partial charge on any atom is -0.388 e. The molecule has 0 amide bonds. The maximum Gasteiger partial charge on any atom is 0.0832 e. The predicted octanol–water partition coefficient (Wildman–Crippen LogP) is 4.19. The maximum atomic E-state index is 10.5. The summed E-state index contributed by atoms with van der Waals surface area (Å²) in [5.41, 5.74) is 3.48. The van der Waals surface area contributed by atoms with E-state index in [2.05, 4.69) is 49.9 Å². The molecule has 2 nitrogen and oxygen atoms in total. The number of nitrogens with zero attached hydrogens (tertiary/aromatic N) is 1. The second kappa shape index (κ2) is 7.28.